The molecule has 0 aliphatic heterocycles. The molecule has 0 spiro atoms. The molecule has 0 fully saturated rings. The largest absolute Gasteiger partial charge is 0.490 e. The van der Waals surface area contributed by atoms with Gasteiger partial charge in [-0.2, -0.15) is 0 Å². The number of aromatic nitrogens is 2. The van der Waals surface area contributed by atoms with Crippen LogP contribution in [0.1, 0.15) is 86.7 Å². The molecule has 2 aromatic heterocycles. The summed E-state index contributed by atoms with van der Waals surface area (Å²) in [6, 6.07) is 11.4. The van der Waals surface area contributed by atoms with Crippen LogP contribution in [0.2, 0.25) is 0 Å². The third kappa shape index (κ3) is 16.0. The summed E-state index contributed by atoms with van der Waals surface area (Å²) in [7, 11) is 2.94. The van der Waals surface area contributed by atoms with E-state index in [9.17, 15) is 0 Å². The topological polar surface area (TPSA) is 132 Å². The Balaban J connectivity index is 0.000000475. The summed E-state index contributed by atoms with van der Waals surface area (Å²) in [4.78, 5) is 9.20. The average Bonchev–Trinajstić information content (AvgIpc) is 3.81. The summed E-state index contributed by atoms with van der Waals surface area (Å²) < 4.78 is 33.4. The van der Waals surface area contributed by atoms with Gasteiger partial charge in [-0.3, -0.25) is 0 Å². The third-order valence-corrected chi connectivity index (χ3v) is 6.48. The monoisotopic (exact) mass is 720 g/mol. The van der Waals surface area contributed by atoms with E-state index in [2.05, 4.69) is 30.3 Å². The maximum absolute atomic E-state index is 5.88. The van der Waals surface area contributed by atoms with Gasteiger partial charge in [0.1, 0.15) is 81.2 Å². The molecule has 52 heavy (non-hydrogen) atoms. The minimum Gasteiger partial charge on any atom is -0.490 e. The van der Waals surface area contributed by atoms with Crippen molar-refractivity contribution in [3.05, 3.63) is 106 Å². The van der Waals surface area contributed by atoms with Crippen LogP contribution < -0.4 is 18.9 Å². The predicted octanol–water partition coefficient (Wildman–Crippen LogP) is 9.66. The molecule has 284 valence electrons. The molecule has 4 aromatic rings. The molecule has 0 radical (unpaired) electrons. The summed E-state index contributed by atoms with van der Waals surface area (Å²) in [6.07, 6.45) is 10.8. The highest BCUT2D eigenvalue weighted by Crippen LogP contribution is 2.30. The van der Waals surface area contributed by atoms with Crippen LogP contribution in [0.3, 0.4) is 0 Å². The van der Waals surface area contributed by atoms with E-state index in [0.29, 0.717) is 42.7 Å². The Bertz CT molecular complexity index is 1520. The maximum Gasteiger partial charge on any atom is 0.181 e. The molecule has 2 aromatic carbocycles. The number of hydrogen-bond acceptors (Lipinski definition) is 12. The van der Waals surface area contributed by atoms with E-state index in [1.54, 1.807) is 12.1 Å². The third-order valence-electron chi connectivity index (χ3n) is 6.48. The van der Waals surface area contributed by atoms with Crippen molar-refractivity contribution in [2.45, 2.75) is 82.5 Å². The second-order valence-corrected chi connectivity index (χ2v) is 10.4. The lowest BCUT2D eigenvalue weighted by atomic mass is 10.1. The second-order valence-electron chi connectivity index (χ2n) is 10.4. The fourth-order valence-electron chi connectivity index (χ4n) is 4.34. The number of aryl methyl sites for hydroxylation is 4. The number of benzene rings is 2. The van der Waals surface area contributed by atoms with Crippen LogP contribution in [-0.4, -0.2) is 50.2 Å². The number of allylic oxidation sites excluding steroid dienone is 2. The van der Waals surface area contributed by atoms with E-state index in [1.165, 1.54) is 26.6 Å². The number of nitrogens with zero attached hydrogens (tertiary/aromatic N) is 4. The van der Waals surface area contributed by atoms with Crippen LogP contribution in [0, 0.1) is 27.7 Å². The first-order valence-corrected chi connectivity index (χ1v) is 17.3. The zero-order valence-corrected chi connectivity index (χ0v) is 32.8. The first kappa shape index (κ1) is 44.5. The SMILES string of the molecule is C/C=C/COc1cc(C)c(OCc2cc(C=NOC)no2)c(C)c1.C/C=C/COc1cc(C)c(OCc2cc(C=NOC)on2)c(C)c1.CC.CC. The van der Waals surface area contributed by atoms with Crippen molar-refractivity contribution in [2.24, 2.45) is 10.3 Å². The minimum atomic E-state index is 0.286. The van der Waals surface area contributed by atoms with Gasteiger partial charge in [-0.25, -0.2) is 0 Å². The molecule has 0 aliphatic carbocycles. The molecular weight excluding hydrogens is 664 g/mol. The molecule has 12 nitrogen and oxygen atoms in total. The first-order valence-electron chi connectivity index (χ1n) is 17.3. The normalized spacial score (nSPS) is 10.7. The molecule has 0 bridgehead atoms. The van der Waals surface area contributed by atoms with E-state index in [4.69, 9.17) is 28.0 Å². The quantitative estimate of drug-likeness (QED) is 0.0626. The van der Waals surface area contributed by atoms with E-state index in [0.717, 1.165) is 45.3 Å². The minimum absolute atomic E-state index is 0.286. The molecule has 0 N–H and O–H groups in total. The predicted molar refractivity (Wildman–Crippen MR) is 206 cm³/mol. The zero-order chi connectivity index (χ0) is 38.7. The van der Waals surface area contributed by atoms with Gasteiger partial charge in [0.05, 0.1) is 6.21 Å². The van der Waals surface area contributed by atoms with Gasteiger partial charge in [-0.15, -0.1) is 0 Å². The van der Waals surface area contributed by atoms with Gasteiger partial charge in [-0.1, -0.05) is 72.6 Å². The molecule has 0 saturated heterocycles. The fourth-order valence-corrected chi connectivity index (χ4v) is 4.34. The van der Waals surface area contributed by atoms with Gasteiger partial charge in [0.25, 0.3) is 0 Å². The molecule has 0 saturated carbocycles. The molecule has 0 amide bonds. The Morgan fingerprint density at radius 2 is 1.08 bits per heavy atom. The lowest BCUT2D eigenvalue weighted by Gasteiger charge is -2.13. The Morgan fingerprint density at radius 1 is 0.596 bits per heavy atom. The van der Waals surface area contributed by atoms with Gasteiger partial charge in [0.15, 0.2) is 11.5 Å². The van der Waals surface area contributed by atoms with Crippen molar-refractivity contribution in [2.75, 3.05) is 27.4 Å². The molecule has 12 heteroatoms. The van der Waals surface area contributed by atoms with Gasteiger partial charge in [0.2, 0.25) is 0 Å². The van der Waals surface area contributed by atoms with Crippen LogP contribution in [0.15, 0.2) is 80.1 Å². The van der Waals surface area contributed by atoms with Crippen molar-refractivity contribution in [1.29, 1.82) is 0 Å². The average molecular weight is 721 g/mol. The Labute approximate surface area is 309 Å². The van der Waals surface area contributed by atoms with Crippen molar-refractivity contribution >= 4 is 12.4 Å². The van der Waals surface area contributed by atoms with Gasteiger partial charge < -0.3 is 37.7 Å². The second kappa shape index (κ2) is 26.3. The van der Waals surface area contributed by atoms with Crippen LogP contribution in [0.4, 0.5) is 0 Å². The Hall–Kier alpha value is -5.52. The number of hydrogen-bond donors (Lipinski definition) is 0. The standard InChI is InChI=1S/2C18H22N2O4.2C2H6/c1-5-6-7-22-16-8-13(2)18(14(3)9-16)23-12-15-10-17(24-20-15)11-19-21-4;1-5-6-7-22-16-8-13(2)18(14(3)9-16)23-12-17-10-15(20-24-17)11-19-21-4;2*1-2/h2*5-6,8-11H,7,12H2,1-4H3;2*1-2H3/b2*6-5+,19-11?;;. The molecule has 0 aliphatic rings. The van der Waals surface area contributed by atoms with E-state index in [1.807, 2.05) is 118 Å². The van der Waals surface area contributed by atoms with E-state index >= 15 is 0 Å². The zero-order valence-electron chi connectivity index (χ0n) is 32.8. The Morgan fingerprint density at radius 3 is 1.56 bits per heavy atom. The molecule has 0 atom stereocenters. The van der Waals surface area contributed by atoms with E-state index < -0.39 is 0 Å². The van der Waals surface area contributed by atoms with Gasteiger partial charge >= 0.3 is 0 Å². The Kier molecular flexibility index (Phi) is 22.5. The highest BCUT2D eigenvalue weighted by atomic mass is 16.6. The lowest BCUT2D eigenvalue weighted by Crippen LogP contribution is -2.01. The maximum atomic E-state index is 5.88. The lowest BCUT2D eigenvalue weighted by molar-refractivity contribution is 0.214. The highest BCUT2D eigenvalue weighted by molar-refractivity contribution is 5.76. The van der Waals surface area contributed by atoms with Crippen LogP contribution >= 0.6 is 0 Å². The summed E-state index contributed by atoms with van der Waals surface area (Å²) in [5.74, 6) is 4.42. The highest BCUT2D eigenvalue weighted by Gasteiger charge is 2.11. The van der Waals surface area contributed by atoms with Crippen LogP contribution in [-0.2, 0) is 22.9 Å². The van der Waals surface area contributed by atoms with Crippen LogP contribution in [0.25, 0.3) is 0 Å². The fraction of sp³-hybridized carbons (Fsp3) is 0.400. The molecule has 4 rings (SSSR count). The number of oxime groups is 2. The van der Waals surface area contributed by atoms with Crippen molar-refractivity contribution < 1.29 is 37.7 Å². The first-order chi connectivity index (χ1) is 25.3. The number of rotatable bonds is 16. The van der Waals surface area contributed by atoms with Gasteiger partial charge in [-0.05, 0) is 88.1 Å². The summed E-state index contributed by atoms with van der Waals surface area (Å²) >= 11 is 0. The van der Waals surface area contributed by atoms with Crippen molar-refractivity contribution in [1.82, 2.24) is 10.3 Å². The molecular formula is C40H56N4O8. The summed E-state index contributed by atoms with van der Waals surface area (Å²) in [5.41, 5.74) is 5.29. The summed E-state index contributed by atoms with van der Waals surface area (Å²) in [5, 5.41) is 15.0. The van der Waals surface area contributed by atoms with Crippen molar-refractivity contribution in [3.8, 4) is 23.0 Å². The number of ether oxygens (including phenoxy) is 4. The van der Waals surface area contributed by atoms with E-state index in [-0.39, 0.29) is 6.61 Å². The van der Waals surface area contributed by atoms with Gasteiger partial charge in [0, 0.05) is 12.1 Å². The van der Waals surface area contributed by atoms with Crippen LogP contribution in [0.5, 0.6) is 23.0 Å². The smallest absolute Gasteiger partial charge is 0.181 e. The molecule has 2 heterocycles. The van der Waals surface area contributed by atoms with Crippen molar-refractivity contribution in [3.63, 3.8) is 0 Å². The summed E-state index contributed by atoms with van der Waals surface area (Å²) in [6.45, 7) is 21.6. The molecule has 0 unspecified atom stereocenters.